The predicted octanol–water partition coefficient (Wildman–Crippen LogP) is 2.33. The number of aliphatic hydroxyl groups is 1. The van der Waals surface area contributed by atoms with Gasteiger partial charge in [0.15, 0.2) is 17.1 Å². The third kappa shape index (κ3) is 2.76. The highest BCUT2D eigenvalue weighted by atomic mass is 16.7. The van der Waals surface area contributed by atoms with Gasteiger partial charge in [-0.05, 0) is 31.9 Å². The third-order valence-corrected chi connectivity index (χ3v) is 6.98. The quantitative estimate of drug-likeness (QED) is 0.460. The van der Waals surface area contributed by atoms with E-state index in [1.807, 2.05) is 6.07 Å². The van der Waals surface area contributed by atoms with Gasteiger partial charge in [0.1, 0.15) is 12.4 Å². The molecule has 1 aromatic carbocycles. The molecule has 3 aliphatic heterocycles. The zero-order chi connectivity index (χ0) is 23.8. The number of pyridine rings is 2. The summed E-state index contributed by atoms with van der Waals surface area (Å²) in [7, 11) is 0. The number of carbonyl (C=O) groups is 2. The van der Waals surface area contributed by atoms with Gasteiger partial charge in [0.05, 0.1) is 29.0 Å². The van der Waals surface area contributed by atoms with Gasteiger partial charge in [0.2, 0.25) is 6.79 Å². The number of ketones is 1. The van der Waals surface area contributed by atoms with Crippen molar-refractivity contribution in [1.82, 2.24) is 9.55 Å². The fourth-order valence-corrected chi connectivity index (χ4v) is 5.11. The maximum absolute atomic E-state index is 13.3. The normalized spacial score (nSPS) is 19.6. The topological polar surface area (TPSA) is 117 Å². The number of hydrogen-bond acceptors (Lipinski definition) is 8. The summed E-state index contributed by atoms with van der Waals surface area (Å²) < 4.78 is 18.0. The van der Waals surface area contributed by atoms with Crippen LogP contribution in [0.25, 0.3) is 22.3 Å². The monoisotopic (exact) mass is 462 g/mol. The Morgan fingerprint density at radius 1 is 1.21 bits per heavy atom. The molecule has 2 aromatic heterocycles. The van der Waals surface area contributed by atoms with Gasteiger partial charge in [-0.3, -0.25) is 4.79 Å². The molecule has 0 spiro atoms. The molecule has 34 heavy (non-hydrogen) atoms. The second-order valence-corrected chi connectivity index (χ2v) is 8.96. The Balaban J connectivity index is 1.57. The molecule has 0 fully saturated rings. The van der Waals surface area contributed by atoms with Crippen molar-refractivity contribution < 1.29 is 28.9 Å². The van der Waals surface area contributed by atoms with Gasteiger partial charge in [-0.15, -0.1) is 0 Å². The van der Waals surface area contributed by atoms with E-state index in [0.717, 1.165) is 16.5 Å². The van der Waals surface area contributed by atoms with Crippen molar-refractivity contribution in [3.8, 4) is 22.9 Å². The van der Waals surface area contributed by atoms with Crippen LogP contribution in [0, 0.1) is 0 Å². The van der Waals surface area contributed by atoms with E-state index in [2.05, 4.69) is 0 Å². The lowest BCUT2D eigenvalue weighted by atomic mass is 9.86. The molecule has 0 saturated heterocycles. The molecular weight excluding hydrogens is 440 g/mol. The van der Waals surface area contributed by atoms with E-state index in [1.165, 1.54) is 0 Å². The van der Waals surface area contributed by atoms with Crippen LogP contribution in [0.2, 0.25) is 0 Å². The first-order chi connectivity index (χ1) is 16.3. The number of cyclic esters (lactones) is 1. The Bertz CT molecular complexity index is 1490. The van der Waals surface area contributed by atoms with Crippen molar-refractivity contribution in [3.05, 3.63) is 50.8 Å². The standard InChI is InChI=1S/C25H22N2O7/c1-3-25(31)17-7-19-21-13(9-27(19)23(29)16(17)10-32-24(25)30)6-15-14(5-4-12(2)28)22-20(33-11-34-22)8-18(15)26-21/h6-8,31H,3-5,9-11H2,1-2H3. The number of nitrogens with zero attached hydrogens (tertiary/aromatic N) is 2. The lowest BCUT2D eigenvalue weighted by molar-refractivity contribution is -0.172. The van der Waals surface area contributed by atoms with Crippen molar-refractivity contribution in [3.63, 3.8) is 0 Å². The molecule has 5 heterocycles. The summed E-state index contributed by atoms with van der Waals surface area (Å²) in [5.74, 6) is 0.521. The van der Waals surface area contributed by atoms with Crippen molar-refractivity contribution in [1.29, 1.82) is 0 Å². The zero-order valence-corrected chi connectivity index (χ0v) is 18.8. The second-order valence-electron chi connectivity index (χ2n) is 8.96. The Labute approximate surface area is 193 Å². The lowest BCUT2D eigenvalue weighted by Gasteiger charge is -2.31. The number of esters is 1. The number of benzene rings is 1. The van der Waals surface area contributed by atoms with Gasteiger partial charge < -0.3 is 28.7 Å². The lowest BCUT2D eigenvalue weighted by Crippen LogP contribution is -2.44. The first-order valence-corrected chi connectivity index (χ1v) is 11.2. The Kier molecular flexibility index (Phi) is 4.38. The van der Waals surface area contributed by atoms with Crippen LogP contribution in [0.15, 0.2) is 23.0 Å². The van der Waals surface area contributed by atoms with Crippen LogP contribution < -0.4 is 15.0 Å². The van der Waals surface area contributed by atoms with Gasteiger partial charge in [-0.2, -0.15) is 0 Å². The highest BCUT2D eigenvalue weighted by molar-refractivity contribution is 5.91. The molecule has 0 radical (unpaired) electrons. The molecule has 9 nitrogen and oxygen atoms in total. The summed E-state index contributed by atoms with van der Waals surface area (Å²) in [6.45, 7) is 3.47. The number of hydrogen-bond donors (Lipinski definition) is 1. The summed E-state index contributed by atoms with van der Waals surface area (Å²) in [4.78, 5) is 42.2. The number of carbonyl (C=O) groups excluding carboxylic acids is 2. The van der Waals surface area contributed by atoms with E-state index in [0.29, 0.717) is 47.8 Å². The van der Waals surface area contributed by atoms with Crippen LogP contribution >= 0.6 is 0 Å². The van der Waals surface area contributed by atoms with E-state index < -0.39 is 11.6 Å². The van der Waals surface area contributed by atoms with Gasteiger partial charge in [0, 0.05) is 34.6 Å². The summed E-state index contributed by atoms with van der Waals surface area (Å²) in [5, 5.41) is 11.9. The van der Waals surface area contributed by atoms with Gasteiger partial charge in [-0.25, -0.2) is 9.78 Å². The number of Topliss-reactive ketones (excluding diaryl/α,β-unsaturated/α-hetero) is 1. The molecule has 0 aliphatic carbocycles. The molecule has 1 atom stereocenters. The average Bonchev–Trinajstić information content (AvgIpc) is 3.42. The smallest absolute Gasteiger partial charge is 0.343 e. The fraction of sp³-hybridized carbons (Fsp3) is 0.360. The number of rotatable bonds is 4. The second kappa shape index (κ2) is 7.14. The minimum absolute atomic E-state index is 0.0727. The zero-order valence-electron chi connectivity index (χ0n) is 18.8. The molecule has 6 rings (SSSR count). The summed E-state index contributed by atoms with van der Waals surface area (Å²) >= 11 is 0. The van der Waals surface area contributed by atoms with Crippen LogP contribution in [0.1, 0.15) is 48.9 Å². The van der Waals surface area contributed by atoms with Gasteiger partial charge in [0.25, 0.3) is 5.56 Å². The molecular formula is C25H22N2O7. The molecule has 0 amide bonds. The minimum Gasteiger partial charge on any atom is -0.458 e. The van der Waals surface area contributed by atoms with Gasteiger partial charge >= 0.3 is 5.97 Å². The SMILES string of the molecule is CCC1(O)C(=O)OCc2c1cc1n(c2=O)Cc2cc3c(CCC(C)=O)c4c(cc3nc2-1)OCO4. The first kappa shape index (κ1) is 20.9. The number of fused-ring (bicyclic) bond motifs is 6. The molecule has 0 saturated carbocycles. The highest BCUT2D eigenvalue weighted by Crippen LogP contribution is 2.44. The summed E-state index contributed by atoms with van der Waals surface area (Å²) in [6.07, 6.45) is 0.938. The van der Waals surface area contributed by atoms with E-state index in [4.69, 9.17) is 19.2 Å². The average molecular weight is 462 g/mol. The van der Waals surface area contributed by atoms with Crippen molar-refractivity contribution >= 4 is 22.7 Å². The predicted molar refractivity (Wildman–Crippen MR) is 120 cm³/mol. The first-order valence-electron chi connectivity index (χ1n) is 11.2. The van der Waals surface area contributed by atoms with E-state index in [1.54, 1.807) is 30.5 Å². The highest BCUT2D eigenvalue weighted by Gasteiger charge is 2.45. The van der Waals surface area contributed by atoms with Crippen LogP contribution in [-0.4, -0.2) is 33.2 Å². The van der Waals surface area contributed by atoms with Crippen LogP contribution in [0.3, 0.4) is 0 Å². The molecule has 1 N–H and O–H groups in total. The summed E-state index contributed by atoms with van der Waals surface area (Å²) in [5.41, 5.74) is 1.91. The van der Waals surface area contributed by atoms with Crippen molar-refractivity contribution in [2.45, 2.75) is 51.9 Å². The Hall–Kier alpha value is -3.72. The maximum atomic E-state index is 13.3. The fourth-order valence-electron chi connectivity index (χ4n) is 5.11. The molecule has 174 valence electrons. The maximum Gasteiger partial charge on any atom is 0.343 e. The van der Waals surface area contributed by atoms with Gasteiger partial charge in [-0.1, -0.05) is 6.92 Å². The third-order valence-electron chi connectivity index (χ3n) is 6.98. The number of aryl methyl sites for hydroxylation is 1. The van der Waals surface area contributed by atoms with Crippen LogP contribution in [0.5, 0.6) is 11.5 Å². The molecule has 9 heteroatoms. The van der Waals surface area contributed by atoms with E-state index >= 15 is 0 Å². The van der Waals surface area contributed by atoms with E-state index in [9.17, 15) is 19.5 Å². The Morgan fingerprint density at radius 2 is 2.03 bits per heavy atom. The summed E-state index contributed by atoms with van der Waals surface area (Å²) in [6, 6.07) is 5.47. The van der Waals surface area contributed by atoms with Crippen molar-refractivity contribution in [2.75, 3.05) is 6.79 Å². The van der Waals surface area contributed by atoms with Crippen LogP contribution in [0.4, 0.5) is 0 Å². The van der Waals surface area contributed by atoms with Crippen molar-refractivity contribution in [2.24, 2.45) is 0 Å². The Morgan fingerprint density at radius 3 is 2.79 bits per heavy atom. The number of ether oxygens (including phenoxy) is 3. The molecule has 1 unspecified atom stereocenters. The van der Waals surface area contributed by atoms with Crippen LogP contribution in [-0.2, 0) is 39.5 Å². The molecule has 3 aromatic rings. The largest absolute Gasteiger partial charge is 0.458 e. The molecule has 3 aliphatic rings. The minimum atomic E-state index is -1.87. The van der Waals surface area contributed by atoms with E-state index in [-0.39, 0.29) is 42.3 Å². The number of aromatic nitrogens is 2. The molecule has 0 bridgehead atoms.